The van der Waals surface area contributed by atoms with Crippen molar-refractivity contribution in [2.24, 2.45) is 0 Å². The van der Waals surface area contributed by atoms with Gasteiger partial charge in [0.1, 0.15) is 11.5 Å². The summed E-state index contributed by atoms with van der Waals surface area (Å²) in [6, 6.07) is 19.8. The van der Waals surface area contributed by atoms with Crippen LogP contribution in [0, 0.1) is 0 Å². The van der Waals surface area contributed by atoms with Gasteiger partial charge >= 0.3 is 0 Å². The Hall–Kier alpha value is -3.11. The normalized spacial score (nSPS) is 11.1. The lowest BCUT2D eigenvalue weighted by atomic mass is 10.2. The standard InChI is InChI=1S/C23H23ClN2O6S/c1-30-14-13-25-33(28,29)20-10-8-18(9-11-20)31-16-23(27)26-21-15-17(24)7-12-22(21)32-19-5-3-2-4-6-19/h2-12,15,25H,13-14,16H2,1H3,(H,26,27). The van der Waals surface area contributed by atoms with E-state index >= 15 is 0 Å². The highest BCUT2D eigenvalue weighted by atomic mass is 35.5. The fourth-order valence-corrected chi connectivity index (χ4v) is 3.90. The molecule has 3 aromatic carbocycles. The second-order valence-electron chi connectivity index (χ2n) is 6.75. The van der Waals surface area contributed by atoms with Crippen molar-refractivity contribution in [3.63, 3.8) is 0 Å². The van der Waals surface area contributed by atoms with E-state index < -0.39 is 15.9 Å². The first-order chi connectivity index (χ1) is 15.9. The van der Waals surface area contributed by atoms with Crippen LogP contribution in [0.4, 0.5) is 5.69 Å². The highest BCUT2D eigenvalue weighted by Crippen LogP contribution is 2.32. The van der Waals surface area contributed by atoms with E-state index in [1.807, 2.05) is 18.2 Å². The number of amides is 1. The lowest BCUT2D eigenvalue weighted by Gasteiger charge is -2.13. The molecule has 0 spiro atoms. The zero-order valence-electron chi connectivity index (χ0n) is 17.8. The molecule has 2 N–H and O–H groups in total. The summed E-state index contributed by atoms with van der Waals surface area (Å²) >= 11 is 6.07. The van der Waals surface area contributed by atoms with E-state index in [9.17, 15) is 13.2 Å². The van der Waals surface area contributed by atoms with Gasteiger partial charge < -0.3 is 19.5 Å². The Morgan fingerprint density at radius 3 is 2.39 bits per heavy atom. The van der Waals surface area contributed by atoms with Crippen molar-refractivity contribution in [2.75, 3.05) is 32.2 Å². The molecular formula is C23H23ClN2O6S. The van der Waals surface area contributed by atoms with Gasteiger partial charge in [-0.2, -0.15) is 0 Å². The van der Waals surface area contributed by atoms with Crippen molar-refractivity contribution >= 4 is 33.2 Å². The molecule has 0 aliphatic heterocycles. The number of sulfonamides is 1. The Kier molecular flexibility index (Phi) is 8.67. The highest BCUT2D eigenvalue weighted by molar-refractivity contribution is 7.89. The van der Waals surface area contributed by atoms with Gasteiger partial charge in [-0.1, -0.05) is 29.8 Å². The van der Waals surface area contributed by atoms with Gasteiger partial charge in [0.2, 0.25) is 10.0 Å². The number of rotatable bonds is 11. The molecule has 0 aromatic heterocycles. The van der Waals surface area contributed by atoms with Crippen LogP contribution in [0.25, 0.3) is 0 Å². The van der Waals surface area contributed by atoms with Gasteiger partial charge in [0.05, 0.1) is 17.2 Å². The molecule has 0 unspecified atom stereocenters. The van der Waals surface area contributed by atoms with E-state index in [0.29, 0.717) is 28.0 Å². The number of carbonyl (C=O) groups is 1. The predicted octanol–water partition coefficient (Wildman–Crippen LogP) is 4.07. The van der Waals surface area contributed by atoms with Crippen molar-refractivity contribution in [3.05, 3.63) is 77.8 Å². The van der Waals surface area contributed by atoms with E-state index in [2.05, 4.69) is 10.0 Å². The lowest BCUT2D eigenvalue weighted by molar-refractivity contribution is -0.118. The summed E-state index contributed by atoms with van der Waals surface area (Å²) in [6.07, 6.45) is 0. The Morgan fingerprint density at radius 1 is 0.970 bits per heavy atom. The minimum Gasteiger partial charge on any atom is -0.484 e. The fourth-order valence-electron chi connectivity index (χ4n) is 2.72. The molecule has 0 saturated carbocycles. The fraction of sp³-hybridized carbons (Fsp3) is 0.174. The van der Waals surface area contributed by atoms with Crippen molar-refractivity contribution in [1.29, 1.82) is 0 Å². The number of halogens is 1. The third kappa shape index (κ3) is 7.47. The van der Waals surface area contributed by atoms with Gasteiger partial charge in [-0.15, -0.1) is 0 Å². The Bertz CT molecular complexity index is 1170. The summed E-state index contributed by atoms with van der Waals surface area (Å²) in [5.41, 5.74) is 0.392. The van der Waals surface area contributed by atoms with E-state index in [0.717, 1.165) is 0 Å². The third-order valence-electron chi connectivity index (χ3n) is 4.29. The van der Waals surface area contributed by atoms with Gasteiger partial charge in [0.25, 0.3) is 5.91 Å². The molecular weight excluding hydrogens is 468 g/mol. The number of para-hydroxylation sites is 1. The number of methoxy groups -OCH3 is 1. The van der Waals surface area contributed by atoms with Crippen molar-refractivity contribution in [3.8, 4) is 17.2 Å². The summed E-state index contributed by atoms with van der Waals surface area (Å²) < 4.78 is 42.9. The Balaban J connectivity index is 1.59. The van der Waals surface area contributed by atoms with E-state index in [1.54, 1.807) is 30.3 Å². The molecule has 1 amide bonds. The Labute approximate surface area is 197 Å². The van der Waals surface area contributed by atoms with E-state index in [1.165, 1.54) is 31.4 Å². The molecule has 0 radical (unpaired) electrons. The van der Waals surface area contributed by atoms with Crippen LogP contribution < -0.4 is 19.5 Å². The molecule has 8 nitrogen and oxygen atoms in total. The minimum absolute atomic E-state index is 0.0806. The Morgan fingerprint density at radius 2 is 1.70 bits per heavy atom. The van der Waals surface area contributed by atoms with Gasteiger partial charge in [0, 0.05) is 18.7 Å². The largest absolute Gasteiger partial charge is 0.484 e. The molecule has 0 saturated heterocycles. The zero-order chi connectivity index (χ0) is 23.7. The molecule has 0 aliphatic rings. The van der Waals surface area contributed by atoms with Crippen molar-refractivity contribution in [1.82, 2.24) is 4.72 Å². The third-order valence-corrected chi connectivity index (χ3v) is 6.00. The summed E-state index contributed by atoms with van der Waals surface area (Å²) in [7, 11) is -2.16. The number of carbonyl (C=O) groups excluding carboxylic acids is 1. The van der Waals surface area contributed by atoms with Crippen LogP contribution >= 0.6 is 11.6 Å². The van der Waals surface area contributed by atoms with Crippen LogP contribution in [0.2, 0.25) is 5.02 Å². The van der Waals surface area contributed by atoms with Gasteiger partial charge in [0.15, 0.2) is 12.4 Å². The van der Waals surface area contributed by atoms with Crippen LogP contribution in [0.1, 0.15) is 0 Å². The predicted molar refractivity (Wildman–Crippen MR) is 126 cm³/mol. The van der Waals surface area contributed by atoms with Crippen LogP contribution in [0.3, 0.4) is 0 Å². The van der Waals surface area contributed by atoms with Crippen LogP contribution in [0.5, 0.6) is 17.2 Å². The summed E-state index contributed by atoms with van der Waals surface area (Å²) in [5.74, 6) is 0.939. The molecule has 174 valence electrons. The molecule has 10 heteroatoms. The molecule has 0 bridgehead atoms. The van der Waals surface area contributed by atoms with Crippen LogP contribution in [-0.2, 0) is 19.6 Å². The summed E-state index contributed by atoms with van der Waals surface area (Å²) in [4.78, 5) is 12.5. The number of nitrogens with one attached hydrogen (secondary N) is 2. The maximum atomic E-state index is 12.4. The topological polar surface area (TPSA) is 103 Å². The van der Waals surface area contributed by atoms with Gasteiger partial charge in [-0.25, -0.2) is 13.1 Å². The first-order valence-corrected chi connectivity index (χ1v) is 11.8. The summed E-state index contributed by atoms with van der Waals surface area (Å²) in [5, 5.41) is 3.15. The maximum absolute atomic E-state index is 12.4. The SMILES string of the molecule is COCCNS(=O)(=O)c1ccc(OCC(=O)Nc2cc(Cl)ccc2Oc2ccccc2)cc1. The molecule has 0 aliphatic carbocycles. The number of hydrogen-bond acceptors (Lipinski definition) is 6. The quantitative estimate of drug-likeness (QED) is 0.393. The second kappa shape index (κ2) is 11.7. The first kappa shape index (κ1) is 24.5. The maximum Gasteiger partial charge on any atom is 0.262 e. The number of benzene rings is 3. The van der Waals surface area contributed by atoms with E-state index in [4.69, 9.17) is 25.8 Å². The number of anilines is 1. The lowest BCUT2D eigenvalue weighted by Crippen LogP contribution is -2.27. The minimum atomic E-state index is -3.65. The molecule has 0 fully saturated rings. The molecule has 3 rings (SSSR count). The average molecular weight is 491 g/mol. The molecule has 0 heterocycles. The first-order valence-electron chi connectivity index (χ1n) is 9.91. The van der Waals surface area contributed by atoms with Crippen LogP contribution in [-0.4, -0.2) is 41.2 Å². The van der Waals surface area contributed by atoms with Gasteiger partial charge in [-0.05, 0) is 54.6 Å². The molecule has 3 aromatic rings. The zero-order valence-corrected chi connectivity index (χ0v) is 19.4. The molecule has 33 heavy (non-hydrogen) atoms. The molecule has 0 atom stereocenters. The van der Waals surface area contributed by atoms with Crippen LogP contribution in [0.15, 0.2) is 77.7 Å². The van der Waals surface area contributed by atoms with Crippen molar-refractivity contribution < 1.29 is 27.4 Å². The number of hydrogen-bond donors (Lipinski definition) is 2. The number of ether oxygens (including phenoxy) is 3. The van der Waals surface area contributed by atoms with Crippen molar-refractivity contribution in [2.45, 2.75) is 4.90 Å². The summed E-state index contributed by atoms with van der Waals surface area (Å²) in [6.45, 7) is 0.131. The monoisotopic (exact) mass is 490 g/mol. The van der Waals surface area contributed by atoms with Gasteiger partial charge in [-0.3, -0.25) is 4.79 Å². The highest BCUT2D eigenvalue weighted by Gasteiger charge is 2.14. The smallest absolute Gasteiger partial charge is 0.262 e. The van der Waals surface area contributed by atoms with E-state index in [-0.39, 0.29) is 24.7 Å². The average Bonchev–Trinajstić information content (AvgIpc) is 2.80. The second-order valence-corrected chi connectivity index (χ2v) is 8.96.